The highest BCUT2D eigenvalue weighted by molar-refractivity contribution is 5.75. The van der Waals surface area contributed by atoms with Crippen LogP contribution in [0, 0.1) is 11.8 Å². The zero-order valence-electron chi connectivity index (χ0n) is 8.26. The zero-order chi connectivity index (χ0) is 10.1. The summed E-state index contributed by atoms with van der Waals surface area (Å²) in [5.74, 6) is 5.59. The summed E-state index contributed by atoms with van der Waals surface area (Å²) in [4.78, 5) is 11.0. The number of nitrogens with one attached hydrogen (secondary N) is 1. The third kappa shape index (κ3) is 8.90. The molecule has 3 nitrogen and oxygen atoms in total. The molecule has 0 saturated heterocycles. The van der Waals surface area contributed by atoms with E-state index < -0.39 is 6.10 Å². The molecule has 0 saturated carbocycles. The standard InChI is InChI=1S/C10H17NO2/c1-3-4-5-8-11-10(13)7-6-9(2)12/h9,12H,5-8H2,1-2H3,(H,11,13). The van der Waals surface area contributed by atoms with E-state index in [1.807, 2.05) is 0 Å². The molecular formula is C10H17NO2. The second-order valence-electron chi connectivity index (χ2n) is 2.91. The number of rotatable bonds is 5. The van der Waals surface area contributed by atoms with Crippen molar-refractivity contribution in [3.63, 3.8) is 0 Å². The fraction of sp³-hybridized carbons (Fsp3) is 0.700. The van der Waals surface area contributed by atoms with E-state index in [4.69, 9.17) is 5.11 Å². The van der Waals surface area contributed by atoms with E-state index >= 15 is 0 Å². The molecule has 13 heavy (non-hydrogen) atoms. The number of hydrogen-bond acceptors (Lipinski definition) is 2. The molecule has 1 amide bonds. The van der Waals surface area contributed by atoms with Gasteiger partial charge in [-0.25, -0.2) is 0 Å². The average molecular weight is 183 g/mol. The van der Waals surface area contributed by atoms with Crippen LogP contribution in [-0.4, -0.2) is 23.7 Å². The average Bonchev–Trinajstić information content (AvgIpc) is 2.09. The molecule has 74 valence electrons. The van der Waals surface area contributed by atoms with Gasteiger partial charge in [0, 0.05) is 19.4 Å². The van der Waals surface area contributed by atoms with Crippen LogP contribution in [0.1, 0.15) is 33.1 Å². The molecule has 0 spiro atoms. The Hall–Kier alpha value is -1.01. The molecule has 0 radical (unpaired) electrons. The first kappa shape index (κ1) is 12.0. The lowest BCUT2D eigenvalue weighted by molar-refractivity contribution is -0.121. The molecule has 0 aromatic rings. The molecule has 0 aliphatic carbocycles. The predicted molar refractivity (Wildman–Crippen MR) is 52.0 cm³/mol. The normalized spacial score (nSPS) is 11.3. The van der Waals surface area contributed by atoms with Crippen LogP contribution < -0.4 is 5.32 Å². The quantitative estimate of drug-likeness (QED) is 0.486. The van der Waals surface area contributed by atoms with Crippen molar-refractivity contribution >= 4 is 5.91 Å². The Morgan fingerprint density at radius 2 is 2.31 bits per heavy atom. The van der Waals surface area contributed by atoms with E-state index in [0.29, 0.717) is 25.8 Å². The van der Waals surface area contributed by atoms with Gasteiger partial charge in [0.15, 0.2) is 0 Å². The summed E-state index contributed by atoms with van der Waals surface area (Å²) < 4.78 is 0. The first-order valence-corrected chi connectivity index (χ1v) is 4.51. The van der Waals surface area contributed by atoms with Crippen LogP contribution in [0.15, 0.2) is 0 Å². The fourth-order valence-electron chi connectivity index (χ4n) is 0.818. The van der Waals surface area contributed by atoms with E-state index in [9.17, 15) is 4.79 Å². The second-order valence-corrected chi connectivity index (χ2v) is 2.91. The second kappa shape index (κ2) is 7.63. The molecule has 0 aliphatic rings. The highest BCUT2D eigenvalue weighted by atomic mass is 16.3. The van der Waals surface area contributed by atoms with Crippen LogP contribution in [-0.2, 0) is 4.79 Å². The zero-order valence-corrected chi connectivity index (χ0v) is 8.26. The largest absolute Gasteiger partial charge is 0.393 e. The first-order valence-electron chi connectivity index (χ1n) is 4.51. The van der Waals surface area contributed by atoms with Gasteiger partial charge in [-0.3, -0.25) is 4.79 Å². The molecule has 0 aliphatic heterocycles. The van der Waals surface area contributed by atoms with Gasteiger partial charge in [-0.15, -0.1) is 11.8 Å². The topological polar surface area (TPSA) is 49.3 Å². The molecule has 2 N–H and O–H groups in total. The Kier molecular flexibility index (Phi) is 7.04. The lowest BCUT2D eigenvalue weighted by Gasteiger charge is -2.04. The van der Waals surface area contributed by atoms with Crippen molar-refractivity contribution in [2.75, 3.05) is 6.54 Å². The molecule has 0 aromatic carbocycles. The van der Waals surface area contributed by atoms with Crippen molar-refractivity contribution < 1.29 is 9.90 Å². The van der Waals surface area contributed by atoms with Gasteiger partial charge in [0.25, 0.3) is 0 Å². The minimum absolute atomic E-state index is 0.0150. The third-order valence-electron chi connectivity index (χ3n) is 1.54. The maximum atomic E-state index is 11.0. The van der Waals surface area contributed by atoms with Crippen molar-refractivity contribution in [2.24, 2.45) is 0 Å². The molecule has 1 unspecified atom stereocenters. The molecule has 0 rings (SSSR count). The summed E-state index contributed by atoms with van der Waals surface area (Å²) >= 11 is 0. The Labute approximate surface area is 79.5 Å². The van der Waals surface area contributed by atoms with Crippen LogP contribution in [0.25, 0.3) is 0 Å². The van der Waals surface area contributed by atoms with Gasteiger partial charge < -0.3 is 10.4 Å². The van der Waals surface area contributed by atoms with Crippen molar-refractivity contribution in [1.82, 2.24) is 5.32 Å². The van der Waals surface area contributed by atoms with Crippen LogP contribution in [0.3, 0.4) is 0 Å². The van der Waals surface area contributed by atoms with Gasteiger partial charge in [-0.2, -0.15) is 0 Å². The van der Waals surface area contributed by atoms with Crippen LogP contribution in [0.4, 0.5) is 0 Å². The van der Waals surface area contributed by atoms with Crippen molar-refractivity contribution in [2.45, 2.75) is 39.2 Å². The summed E-state index contributed by atoms with van der Waals surface area (Å²) in [5.41, 5.74) is 0. The first-order chi connectivity index (χ1) is 6.16. The SMILES string of the molecule is CC#CCCNC(=O)CCC(C)O. The lowest BCUT2D eigenvalue weighted by atomic mass is 10.2. The molecular weight excluding hydrogens is 166 g/mol. The molecule has 0 heterocycles. The number of aliphatic hydroxyl groups excluding tert-OH is 1. The van der Waals surface area contributed by atoms with Crippen molar-refractivity contribution in [3.8, 4) is 11.8 Å². The maximum Gasteiger partial charge on any atom is 0.220 e. The molecule has 0 bridgehead atoms. The van der Waals surface area contributed by atoms with Gasteiger partial charge >= 0.3 is 0 Å². The minimum Gasteiger partial charge on any atom is -0.393 e. The maximum absolute atomic E-state index is 11.0. The van der Waals surface area contributed by atoms with E-state index in [2.05, 4.69) is 17.2 Å². The van der Waals surface area contributed by atoms with Crippen LogP contribution in [0.2, 0.25) is 0 Å². The number of amides is 1. The van der Waals surface area contributed by atoms with Gasteiger partial charge in [0.2, 0.25) is 5.91 Å². The number of hydrogen-bond donors (Lipinski definition) is 2. The Bertz CT molecular complexity index is 201. The molecule has 0 aromatic heterocycles. The molecule has 1 atom stereocenters. The van der Waals surface area contributed by atoms with Crippen LogP contribution in [0.5, 0.6) is 0 Å². The summed E-state index contributed by atoms with van der Waals surface area (Å²) in [5, 5.41) is 11.6. The summed E-state index contributed by atoms with van der Waals surface area (Å²) in [6.45, 7) is 4.05. The number of carbonyl (C=O) groups excluding carboxylic acids is 1. The van der Waals surface area contributed by atoms with Gasteiger partial charge in [-0.05, 0) is 20.3 Å². The van der Waals surface area contributed by atoms with Crippen molar-refractivity contribution in [3.05, 3.63) is 0 Å². The minimum atomic E-state index is -0.402. The van der Waals surface area contributed by atoms with Gasteiger partial charge in [0.05, 0.1) is 6.10 Å². The van der Waals surface area contributed by atoms with E-state index in [-0.39, 0.29) is 5.91 Å². The summed E-state index contributed by atoms with van der Waals surface area (Å²) in [7, 11) is 0. The number of carbonyl (C=O) groups is 1. The van der Waals surface area contributed by atoms with Gasteiger partial charge in [-0.1, -0.05) is 0 Å². The molecule has 3 heteroatoms. The highest BCUT2D eigenvalue weighted by Crippen LogP contribution is 1.94. The number of aliphatic hydroxyl groups is 1. The van der Waals surface area contributed by atoms with Crippen LogP contribution >= 0.6 is 0 Å². The highest BCUT2D eigenvalue weighted by Gasteiger charge is 2.02. The predicted octanol–water partition coefficient (Wildman–Crippen LogP) is 0.677. The fourth-order valence-corrected chi connectivity index (χ4v) is 0.818. The van der Waals surface area contributed by atoms with Gasteiger partial charge in [0.1, 0.15) is 0 Å². The third-order valence-corrected chi connectivity index (χ3v) is 1.54. The lowest BCUT2D eigenvalue weighted by Crippen LogP contribution is -2.24. The van der Waals surface area contributed by atoms with E-state index in [1.165, 1.54) is 0 Å². The Morgan fingerprint density at radius 1 is 1.62 bits per heavy atom. The summed E-state index contributed by atoms with van der Waals surface area (Å²) in [6.07, 6.45) is 1.19. The van der Waals surface area contributed by atoms with E-state index in [1.54, 1.807) is 13.8 Å². The monoisotopic (exact) mass is 183 g/mol. The Morgan fingerprint density at radius 3 is 2.85 bits per heavy atom. The Balaban J connectivity index is 3.34. The molecule has 0 fully saturated rings. The van der Waals surface area contributed by atoms with Crippen molar-refractivity contribution in [1.29, 1.82) is 0 Å². The summed E-state index contributed by atoms with van der Waals surface area (Å²) in [6, 6.07) is 0. The smallest absolute Gasteiger partial charge is 0.220 e. The van der Waals surface area contributed by atoms with E-state index in [0.717, 1.165) is 0 Å².